The third-order valence-corrected chi connectivity index (χ3v) is 4.84. The molecule has 0 radical (unpaired) electrons. The number of amides is 2. The summed E-state index contributed by atoms with van der Waals surface area (Å²) in [6.07, 6.45) is 0. The lowest BCUT2D eigenvalue weighted by molar-refractivity contribution is -0.113. The van der Waals surface area contributed by atoms with Crippen molar-refractivity contribution in [1.29, 1.82) is 0 Å². The highest BCUT2D eigenvalue weighted by Crippen LogP contribution is 2.34. The number of nitrogens with one attached hydrogen (secondary N) is 2. The maximum atomic E-state index is 12.6. The van der Waals surface area contributed by atoms with Crippen LogP contribution in [-0.4, -0.2) is 30.8 Å². The number of methoxy groups -OCH3 is 1. The van der Waals surface area contributed by atoms with E-state index >= 15 is 0 Å². The molecule has 2 N–H and O–H groups in total. The maximum Gasteiger partial charge on any atom is 0.341 e. The smallest absolute Gasteiger partial charge is 0.341 e. The van der Waals surface area contributed by atoms with E-state index < -0.39 is 11.9 Å². The van der Waals surface area contributed by atoms with Gasteiger partial charge in [-0.15, -0.1) is 22.9 Å². The van der Waals surface area contributed by atoms with Gasteiger partial charge < -0.3 is 15.4 Å². The predicted octanol–water partition coefficient (Wildman–Crippen LogP) is 3.58. The first-order valence-electron chi connectivity index (χ1n) is 7.33. The summed E-state index contributed by atoms with van der Waals surface area (Å²) < 4.78 is 4.75. The number of alkyl halides is 1. The summed E-state index contributed by atoms with van der Waals surface area (Å²) in [5.74, 6) is -1.74. The van der Waals surface area contributed by atoms with Crippen molar-refractivity contribution in [3.63, 3.8) is 0 Å². The Bertz CT molecular complexity index is 832. The van der Waals surface area contributed by atoms with Crippen LogP contribution in [0.15, 0.2) is 24.3 Å². The number of hydrogen-bond donors (Lipinski definition) is 2. The highest BCUT2D eigenvalue weighted by atomic mass is 35.5. The average Bonchev–Trinajstić information content (AvgIpc) is 2.90. The molecular weight excluding hydrogens is 364 g/mol. The molecule has 0 aliphatic heterocycles. The van der Waals surface area contributed by atoms with Crippen LogP contribution in [0.5, 0.6) is 0 Å². The number of carbonyl (C=O) groups is 3. The van der Waals surface area contributed by atoms with E-state index in [1.54, 1.807) is 13.0 Å². The standard InChI is InChI=1S/C17H17ClN2O4S/c1-9-5-4-6-11(7-9)19-15(22)14-10(2)13(17(23)24-3)16(25-14)20-12(21)8-18/h4-7H,8H2,1-3H3,(H,19,22)(H,20,21). The van der Waals surface area contributed by atoms with Crippen LogP contribution < -0.4 is 10.6 Å². The van der Waals surface area contributed by atoms with E-state index in [-0.39, 0.29) is 22.4 Å². The Hall–Kier alpha value is -2.38. The largest absolute Gasteiger partial charge is 0.465 e. The summed E-state index contributed by atoms with van der Waals surface area (Å²) >= 11 is 6.50. The number of thiophene rings is 1. The zero-order chi connectivity index (χ0) is 18.6. The zero-order valence-corrected chi connectivity index (χ0v) is 15.5. The van der Waals surface area contributed by atoms with E-state index in [1.165, 1.54) is 7.11 Å². The van der Waals surface area contributed by atoms with Gasteiger partial charge in [-0.05, 0) is 37.1 Å². The zero-order valence-electron chi connectivity index (χ0n) is 13.9. The van der Waals surface area contributed by atoms with Gasteiger partial charge in [0.05, 0.1) is 17.6 Å². The average molecular weight is 381 g/mol. The highest BCUT2D eigenvalue weighted by molar-refractivity contribution is 7.19. The molecule has 1 heterocycles. The lowest BCUT2D eigenvalue weighted by Gasteiger charge is -2.05. The Morgan fingerprint density at radius 2 is 1.92 bits per heavy atom. The van der Waals surface area contributed by atoms with Gasteiger partial charge >= 0.3 is 5.97 Å². The van der Waals surface area contributed by atoms with Crippen molar-refractivity contribution in [2.45, 2.75) is 13.8 Å². The second-order valence-corrected chi connectivity index (χ2v) is 6.55. The van der Waals surface area contributed by atoms with Gasteiger partial charge in [-0.1, -0.05) is 12.1 Å². The Balaban J connectivity index is 2.38. The summed E-state index contributed by atoms with van der Waals surface area (Å²) in [6, 6.07) is 7.35. The van der Waals surface area contributed by atoms with Crippen molar-refractivity contribution >= 4 is 51.4 Å². The lowest BCUT2D eigenvalue weighted by Crippen LogP contribution is -2.15. The van der Waals surface area contributed by atoms with Gasteiger partial charge in [-0.25, -0.2) is 4.79 Å². The Morgan fingerprint density at radius 1 is 1.20 bits per heavy atom. The molecule has 6 nitrogen and oxygen atoms in total. The first-order valence-corrected chi connectivity index (χ1v) is 8.68. The SMILES string of the molecule is COC(=O)c1c(NC(=O)CCl)sc(C(=O)Nc2cccc(C)c2)c1C. The van der Waals surface area contributed by atoms with Crippen molar-refractivity contribution in [2.24, 2.45) is 0 Å². The Kier molecular flexibility index (Phi) is 6.17. The molecule has 8 heteroatoms. The molecule has 25 heavy (non-hydrogen) atoms. The number of hydrogen-bond acceptors (Lipinski definition) is 5. The number of rotatable bonds is 5. The van der Waals surface area contributed by atoms with Crippen molar-refractivity contribution < 1.29 is 19.1 Å². The summed E-state index contributed by atoms with van der Waals surface area (Å²) in [7, 11) is 1.24. The molecule has 0 spiro atoms. The number of esters is 1. The number of aryl methyl sites for hydroxylation is 1. The fourth-order valence-corrected chi connectivity index (χ4v) is 3.41. The molecule has 1 aromatic heterocycles. The van der Waals surface area contributed by atoms with Crippen molar-refractivity contribution in [3.8, 4) is 0 Å². The third kappa shape index (κ3) is 4.37. The van der Waals surface area contributed by atoms with Gasteiger partial charge in [0.15, 0.2) is 0 Å². The van der Waals surface area contributed by atoms with Crippen molar-refractivity contribution in [1.82, 2.24) is 0 Å². The van der Waals surface area contributed by atoms with E-state index in [0.717, 1.165) is 16.9 Å². The molecule has 2 amide bonds. The quantitative estimate of drug-likeness (QED) is 0.613. The highest BCUT2D eigenvalue weighted by Gasteiger charge is 2.26. The monoisotopic (exact) mass is 380 g/mol. The normalized spacial score (nSPS) is 10.2. The summed E-state index contributed by atoms with van der Waals surface area (Å²) in [5.41, 5.74) is 2.24. The van der Waals surface area contributed by atoms with E-state index in [2.05, 4.69) is 10.6 Å². The van der Waals surface area contributed by atoms with Crippen LogP contribution in [0.1, 0.15) is 31.2 Å². The molecule has 1 aromatic carbocycles. The fourth-order valence-electron chi connectivity index (χ4n) is 2.24. The van der Waals surface area contributed by atoms with E-state index in [1.807, 2.05) is 25.1 Å². The van der Waals surface area contributed by atoms with Gasteiger partial charge in [0, 0.05) is 5.69 Å². The molecule has 0 saturated carbocycles. The molecule has 0 aliphatic rings. The van der Waals surface area contributed by atoms with Crippen molar-refractivity contribution in [3.05, 3.63) is 45.8 Å². The van der Waals surface area contributed by atoms with Crippen LogP contribution in [-0.2, 0) is 9.53 Å². The van der Waals surface area contributed by atoms with Gasteiger partial charge in [0.2, 0.25) is 5.91 Å². The van der Waals surface area contributed by atoms with Crippen molar-refractivity contribution in [2.75, 3.05) is 23.6 Å². The summed E-state index contributed by atoms with van der Waals surface area (Å²) in [4.78, 5) is 36.5. The molecule has 0 unspecified atom stereocenters. The minimum absolute atomic E-state index is 0.153. The molecule has 0 aliphatic carbocycles. The molecule has 0 bridgehead atoms. The van der Waals surface area contributed by atoms with Crippen LogP contribution in [0.4, 0.5) is 10.7 Å². The maximum absolute atomic E-state index is 12.6. The predicted molar refractivity (Wildman–Crippen MR) is 98.9 cm³/mol. The molecule has 0 atom stereocenters. The second kappa shape index (κ2) is 8.13. The second-order valence-electron chi connectivity index (χ2n) is 5.26. The topological polar surface area (TPSA) is 84.5 Å². The van der Waals surface area contributed by atoms with Gasteiger partial charge in [0.1, 0.15) is 10.9 Å². The van der Waals surface area contributed by atoms with Crippen LogP contribution in [0, 0.1) is 13.8 Å². The number of carbonyl (C=O) groups excluding carboxylic acids is 3. The number of ether oxygens (including phenoxy) is 1. The molecule has 132 valence electrons. The summed E-state index contributed by atoms with van der Waals surface area (Å²) in [6.45, 7) is 3.55. The Morgan fingerprint density at radius 3 is 2.52 bits per heavy atom. The van der Waals surface area contributed by atoms with Gasteiger partial charge in [0.25, 0.3) is 5.91 Å². The van der Waals surface area contributed by atoms with Crippen LogP contribution >= 0.6 is 22.9 Å². The number of benzene rings is 1. The minimum Gasteiger partial charge on any atom is -0.465 e. The first kappa shape index (κ1) is 19.0. The summed E-state index contributed by atoms with van der Waals surface area (Å²) in [5, 5.41) is 5.56. The van der Waals surface area contributed by atoms with E-state index in [4.69, 9.17) is 16.3 Å². The first-order chi connectivity index (χ1) is 11.9. The molecule has 0 saturated heterocycles. The van der Waals surface area contributed by atoms with Gasteiger partial charge in [-0.3, -0.25) is 9.59 Å². The molecule has 2 aromatic rings. The lowest BCUT2D eigenvalue weighted by atomic mass is 10.1. The minimum atomic E-state index is -0.631. The van der Waals surface area contributed by atoms with Gasteiger partial charge in [-0.2, -0.15) is 0 Å². The molecular formula is C17H17ClN2O4S. The third-order valence-electron chi connectivity index (χ3n) is 3.39. The molecule has 0 fully saturated rings. The Labute approximate surface area is 154 Å². The van der Waals surface area contributed by atoms with E-state index in [9.17, 15) is 14.4 Å². The van der Waals surface area contributed by atoms with Crippen LogP contribution in [0.25, 0.3) is 0 Å². The fraction of sp³-hybridized carbons (Fsp3) is 0.235. The van der Waals surface area contributed by atoms with Crippen LogP contribution in [0.2, 0.25) is 0 Å². The molecule has 2 rings (SSSR count). The van der Waals surface area contributed by atoms with E-state index in [0.29, 0.717) is 16.1 Å². The number of halogens is 1. The van der Waals surface area contributed by atoms with Crippen LogP contribution in [0.3, 0.4) is 0 Å². The number of anilines is 2.